The average molecular weight is 382 g/mol. The topological polar surface area (TPSA) is 53.5 Å². The third-order valence-corrected chi connectivity index (χ3v) is 6.13. The van der Waals surface area contributed by atoms with Crippen molar-refractivity contribution in [3.63, 3.8) is 0 Å². The molecular weight excluding hydrogens is 358 g/mol. The molecule has 0 N–H and O–H groups in total. The Morgan fingerprint density at radius 1 is 0.963 bits per heavy atom. The van der Waals surface area contributed by atoms with Gasteiger partial charge in [0.2, 0.25) is 5.91 Å². The first-order chi connectivity index (χ1) is 13.2. The molecule has 2 aliphatic rings. The third kappa shape index (κ3) is 4.16. The molecule has 3 heterocycles. The number of carbonyl (C=O) groups is 2. The maximum Gasteiger partial charge on any atom is 0.255 e. The maximum absolute atomic E-state index is 12.5. The van der Waals surface area contributed by atoms with E-state index in [0.29, 0.717) is 17.9 Å². The fourth-order valence-electron chi connectivity index (χ4n) is 3.63. The molecule has 0 spiro atoms. The molecule has 1 saturated heterocycles. The number of nitrogens with zero attached hydrogens (tertiary/aromatic N) is 3. The van der Waals surface area contributed by atoms with E-state index in [2.05, 4.69) is 23.2 Å². The largest absolute Gasteiger partial charge is 0.339 e. The van der Waals surface area contributed by atoms with Gasteiger partial charge >= 0.3 is 0 Å². The number of pyridine rings is 1. The lowest BCUT2D eigenvalue weighted by Crippen LogP contribution is -2.37. The second-order valence-electron chi connectivity index (χ2n) is 7.01. The number of hydrogen-bond donors (Lipinski definition) is 0. The summed E-state index contributed by atoms with van der Waals surface area (Å²) in [6.07, 6.45) is 4.70. The van der Waals surface area contributed by atoms with Gasteiger partial charge in [0, 0.05) is 32.4 Å². The molecule has 2 aromatic rings. The van der Waals surface area contributed by atoms with Crippen LogP contribution >= 0.6 is 11.8 Å². The van der Waals surface area contributed by atoms with Gasteiger partial charge in [-0.1, -0.05) is 36.0 Å². The lowest BCUT2D eigenvalue weighted by atomic mass is 10.00. The molecule has 0 atom stereocenters. The van der Waals surface area contributed by atoms with Crippen LogP contribution in [0.1, 0.15) is 34.3 Å². The zero-order valence-electron chi connectivity index (χ0n) is 15.3. The van der Waals surface area contributed by atoms with E-state index in [0.717, 1.165) is 43.9 Å². The maximum atomic E-state index is 12.5. The quantitative estimate of drug-likeness (QED) is 0.764. The summed E-state index contributed by atoms with van der Waals surface area (Å²) in [7, 11) is 0. The number of benzene rings is 1. The number of hydrogen-bond acceptors (Lipinski definition) is 4. The number of amides is 2. The summed E-state index contributed by atoms with van der Waals surface area (Å²) in [5.74, 6) is 0.558. The minimum atomic E-state index is 0.0552. The summed E-state index contributed by atoms with van der Waals surface area (Å²) in [6, 6.07) is 12.0. The Morgan fingerprint density at radius 3 is 2.48 bits per heavy atom. The summed E-state index contributed by atoms with van der Waals surface area (Å²) in [5.41, 5.74) is 3.21. The zero-order valence-corrected chi connectivity index (χ0v) is 16.1. The smallest absolute Gasteiger partial charge is 0.255 e. The molecule has 140 valence electrons. The molecule has 4 rings (SSSR count). The minimum absolute atomic E-state index is 0.0552. The van der Waals surface area contributed by atoms with Crippen molar-refractivity contribution < 1.29 is 9.59 Å². The van der Waals surface area contributed by atoms with E-state index in [4.69, 9.17) is 0 Å². The molecule has 2 aliphatic heterocycles. The zero-order chi connectivity index (χ0) is 18.6. The van der Waals surface area contributed by atoms with Gasteiger partial charge in [-0.25, -0.2) is 4.98 Å². The molecule has 1 aromatic heterocycles. The van der Waals surface area contributed by atoms with Crippen LogP contribution in [0, 0.1) is 0 Å². The van der Waals surface area contributed by atoms with Crippen molar-refractivity contribution in [2.45, 2.75) is 30.8 Å². The molecule has 0 saturated carbocycles. The van der Waals surface area contributed by atoms with Gasteiger partial charge in [-0.05, 0) is 42.5 Å². The Labute approximate surface area is 163 Å². The summed E-state index contributed by atoms with van der Waals surface area (Å²) >= 11 is 1.43. The standard InChI is InChI=1S/C21H23N3O2S/c25-20(24-12-9-16-5-1-2-6-18(16)14-24)15-27-19-8-7-17(13-22-19)21(26)23-10-3-4-11-23/h1-2,5-8,13H,3-4,9-12,14-15H2. The summed E-state index contributed by atoms with van der Waals surface area (Å²) in [6.45, 7) is 3.13. The fraction of sp³-hybridized carbons (Fsp3) is 0.381. The van der Waals surface area contributed by atoms with Crippen LogP contribution in [0.3, 0.4) is 0 Å². The lowest BCUT2D eigenvalue weighted by molar-refractivity contribution is -0.129. The first kappa shape index (κ1) is 18.0. The van der Waals surface area contributed by atoms with Gasteiger partial charge in [-0.2, -0.15) is 0 Å². The van der Waals surface area contributed by atoms with E-state index >= 15 is 0 Å². The number of carbonyl (C=O) groups excluding carboxylic acids is 2. The molecule has 1 aromatic carbocycles. The third-order valence-electron chi connectivity index (χ3n) is 5.20. The van der Waals surface area contributed by atoms with E-state index < -0.39 is 0 Å². The van der Waals surface area contributed by atoms with Crippen LogP contribution in [0.5, 0.6) is 0 Å². The number of aromatic nitrogens is 1. The van der Waals surface area contributed by atoms with Gasteiger partial charge < -0.3 is 9.80 Å². The first-order valence-electron chi connectivity index (χ1n) is 9.43. The van der Waals surface area contributed by atoms with Crippen molar-refractivity contribution in [1.82, 2.24) is 14.8 Å². The second-order valence-corrected chi connectivity index (χ2v) is 8.00. The number of likely N-dealkylation sites (tertiary alicyclic amines) is 1. The van der Waals surface area contributed by atoms with Crippen molar-refractivity contribution in [3.8, 4) is 0 Å². The lowest BCUT2D eigenvalue weighted by Gasteiger charge is -2.28. The van der Waals surface area contributed by atoms with Crippen molar-refractivity contribution in [2.24, 2.45) is 0 Å². The molecule has 5 nitrogen and oxygen atoms in total. The van der Waals surface area contributed by atoms with Gasteiger partial charge in [-0.15, -0.1) is 0 Å². The SMILES string of the molecule is O=C(CSc1ccc(C(=O)N2CCCC2)cn1)N1CCc2ccccc2C1. The molecule has 6 heteroatoms. The molecule has 0 bridgehead atoms. The Morgan fingerprint density at radius 2 is 1.74 bits per heavy atom. The summed E-state index contributed by atoms with van der Waals surface area (Å²) in [5, 5.41) is 0.777. The van der Waals surface area contributed by atoms with Crippen molar-refractivity contribution >= 4 is 23.6 Å². The van der Waals surface area contributed by atoms with Crippen LogP contribution in [0.4, 0.5) is 0 Å². The molecule has 0 radical (unpaired) electrons. The predicted octanol–water partition coefficient (Wildman–Crippen LogP) is 2.99. The number of rotatable bonds is 4. The van der Waals surface area contributed by atoms with Crippen LogP contribution in [-0.2, 0) is 17.8 Å². The monoisotopic (exact) mass is 381 g/mol. The minimum Gasteiger partial charge on any atom is -0.339 e. The average Bonchev–Trinajstić information content (AvgIpc) is 3.26. The molecule has 0 unspecified atom stereocenters. The highest BCUT2D eigenvalue weighted by Gasteiger charge is 2.21. The highest BCUT2D eigenvalue weighted by molar-refractivity contribution is 7.99. The van der Waals surface area contributed by atoms with Gasteiger partial charge in [-0.3, -0.25) is 9.59 Å². The molecule has 27 heavy (non-hydrogen) atoms. The molecule has 0 aliphatic carbocycles. The van der Waals surface area contributed by atoms with E-state index in [1.54, 1.807) is 6.20 Å². The predicted molar refractivity (Wildman–Crippen MR) is 106 cm³/mol. The van der Waals surface area contributed by atoms with E-state index in [9.17, 15) is 9.59 Å². The molecule has 1 fully saturated rings. The van der Waals surface area contributed by atoms with Crippen LogP contribution in [0.15, 0.2) is 47.6 Å². The highest BCUT2D eigenvalue weighted by atomic mass is 32.2. The van der Waals surface area contributed by atoms with E-state index in [1.807, 2.05) is 28.0 Å². The van der Waals surface area contributed by atoms with E-state index in [-0.39, 0.29) is 11.8 Å². The number of thioether (sulfide) groups is 1. The fourth-order valence-corrected chi connectivity index (χ4v) is 4.38. The van der Waals surface area contributed by atoms with Gasteiger partial charge in [0.25, 0.3) is 5.91 Å². The molecular formula is C21H23N3O2S. The normalized spacial score (nSPS) is 16.3. The van der Waals surface area contributed by atoms with Crippen LogP contribution in [0.2, 0.25) is 0 Å². The van der Waals surface area contributed by atoms with Crippen molar-refractivity contribution in [3.05, 3.63) is 59.3 Å². The van der Waals surface area contributed by atoms with Crippen molar-refractivity contribution in [1.29, 1.82) is 0 Å². The first-order valence-corrected chi connectivity index (χ1v) is 10.4. The summed E-state index contributed by atoms with van der Waals surface area (Å²) < 4.78 is 0. The van der Waals surface area contributed by atoms with Gasteiger partial charge in [0.05, 0.1) is 16.3 Å². The Bertz CT molecular complexity index is 832. The summed E-state index contributed by atoms with van der Waals surface area (Å²) in [4.78, 5) is 33.1. The highest BCUT2D eigenvalue weighted by Crippen LogP contribution is 2.22. The van der Waals surface area contributed by atoms with E-state index in [1.165, 1.54) is 22.9 Å². The Hall–Kier alpha value is -2.34. The Balaban J connectivity index is 1.31. The van der Waals surface area contributed by atoms with Crippen LogP contribution in [-0.4, -0.2) is 52.0 Å². The van der Waals surface area contributed by atoms with Gasteiger partial charge in [0.15, 0.2) is 0 Å². The Kier molecular flexibility index (Phi) is 5.43. The number of fused-ring (bicyclic) bond motifs is 1. The van der Waals surface area contributed by atoms with Crippen molar-refractivity contribution in [2.75, 3.05) is 25.4 Å². The molecule has 2 amide bonds. The second kappa shape index (κ2) is 8.13. The van der Waals surface area contributed by atoms with Gasteiger partial charge in [0.1, 0.15) is 0 Å². The van der Waals surface area contributed by atoms with Crippen LogP contribution in [0.25, 0.3) is 0 Å². The van der Waals surface area contributed by atoms with Crippen LogP contribution < -0.4 is 0 Å².